The third-order valence-electron chi connectivity index (χ3n) is 3.96. The second kappa shape index (κ2) is 6.11. The van der Waals surface area contributed by atoms with Gasteiger partial charge < -0.3 is 9.88 Å². The van der Waals surface area contributed by atoms with Gasteiger partial charge >= 0.3 is 0 Å². The Balaban J connectivity index is 1.91. The quantitative estimate of drug-likeness (QED) is 0.782. The van der Waals surface area contributed by atoms with Crippen LogP contribution in [0.1, 0.15) is 32.2 Å². The van der Waals surface area contributed by atoms with Crippen molar-refractivity contribution in [1.29, 1.82) is 0 Å². The predicted octanol–water partition coefficient (Wildman–Crippen LogP) is 4.28. The highest BCUT2D eigenvalue weighted by molar-refractivity contribution is 5.91. The lowest BCUT2D eigenvalue weighted by Gasteiger charge is -2.20. The lowest BCUT2D eigenvalue weighted by atomic mass is 9.95. The van der Waals surface area contributed by atoms with E-state index in [9.17, 15) is 4.79 Å². The molecule has 3 rings (SSSR count). The SMILES string of the molecule is Cc1ccc(NC(=O)Cn2c(C(C)(C)C)nc3ccccc32)cc1. The Morgan fingerprint density at radius 3 is 2.42 bits per heavy atom. The van der Waals surface area contributed by atoms with Crippen LogP contribution in [0.5, 0.6) is 0 Å². The second-order valence-corrected chi connectivity index (χ2v) is 7.17. The Kier molecular flexibility index (Phi) is 4.14. The normalized spacial score (nSPS) is 11.7. The number of benzene rings is 2. The molecule has 0 saturated heterocycles. The maximum Gasteiger partial charge on any atom is 0.244 e. The minimum Gasteiger partial charge on any atom is -0.325 e. The fraction of sp³-hybridized carbons (Fsp3) is 0.300. The number of para-hydroxylation sites is 2. The standard InChI is InChI=1S/C20H23N3O/c1-14-9-11-15(12-10-14)21-18(24)13-23-17-8-6-5-7-16(17)22-19(23)20(2,3)4/h5-12H,13H2,1-4H3,(H,21,24). The first kappa shape index (κ1) is 16.2. The van der Waals surface area contributed by atoms with Crippen LogP contribution in [-0.4, -0.2) is 15.5 Å². The summed E-state index contributed by atoms with van der Waals surface area (Å²) in [6.45, 7) is 8.62. The number of hydrogen-bond acceptors (Lipinski definition) is 2. The van der Waals surface area contributed by atoms with Gasteiger partial charge in [-0.25, -0.2) is 4.98 Å². The van der Waals surface area contributed by atoms with Crippen molar-refractivity contribution in [2.24, 2.45) is 0 Å². The number of rotatable bonds is 3. The van der Waals surface area contributed by atoms with Gasteiger partial charge in [-0.05, 0) is 31.2 Å². The largest absolute Gasteiger partial charge is 0.325 e. The lowest BCUT2D eigenvalue weighted by Crippen LogP contribution is -2.25. The van der Waals surface area contributed by atoms with Crippen molar-refractivity contribution >= 4 is 22.6 Å². The summed E-state index contributed by atoms with van der Waals surface area (Å²) < 4.78 is 2.01. The number of anilines is 1. The number of carbonyl (C=O) groups is 1. The molecule has 0 bridgehead atoms. The van der Waals surface area contributed by atoms with Crippen molar-refractivity contribution in [2.75, 3.05) is 5.32 Å². The van der Waals surface area contributed by atoms with Crippen LogP contribution in [-0.2, 0) is 16.8 Å². The van der Waals surface area contributed by atoms with E-state index in [4.69, 9.17) is 4.98 Å². The molecule has 0 saturated carbocycles. The van der Waals surface area contributed by atoms with Gasteiger partial charge in [0.25, 0.3) is 0 Å². The molecule has 3 aromatic rings. The van der Waals surface area contributed by atoms with Gasteiger partial charge in [0.1, 0.15) is 12.4 Å². The molecule has 4 nitrogen and oxygen atoms in total. The first-order valence-corrected chi connectivity index (χ1v) is 8.17. The van der Waals surface area contributed by atoms with Gasteiger partial charge in [0.05, 0.1) is 11.0 Å². The summed E-state index contributed by atoms with van der Waals surface area (Å²) in [6, 6.07) is 15.8. The molecule has 0 aliphatic rings. The van der Waals surface area contributed by atoms with Crippen LogP contribution in [0.15, 0.2) is 48.5 Å². The lowest BCUT2D eigenvalue weighted by molar-refractivity contribution is -0.116. The van der Waals surface area contributed by atoms with Crippen LogP contribution in [0.3, 0.4) is 0 Å². The minimum atomic E-state index is -0.136. The Hall–Kier alpha value is -2.62. The summed E-state index contributed by atoms with van der Waals surface area (Å²) in [5, 5.41) is 2.96. The fourth-order valence-electron chi connectivity index (χ4n) is 2.79. The molecule has 24 heavy (non-hydrogen) atoms. The molecule has 124 valence electrons. The maximum absolute atomic E-state index is 12.5. The van der Waals surface area contributed by atoms with Crippen molar-refractivity contribution in [3.05, 3.63) is 59.9 Å². The second-order valence-electron chi connectivity index (χ2n) is 7.17. The zero-order valence-corrected chi connectivity index (χ0v) is 14.6. The summed E-state index contributed by atoms with van der Waals surface area (Å²) in [5.74, 6) is 0.871. The number of carbonyl (C=O) groups excluding carboxylic acids is 1. The average molecular weight is 321 g/mol. The number of nitrogens with zero attached hydrogens (tertiary/aromatic N) is 2. The van der Waals surface area contributed by atoms with Gasteiger partial charge in [0.15, 0.2) is 0 Å². The molecule has 0 radical (unpaired) electrons. The van der Waals surface area contributed by atoms with Crippen molar-refractivity contribution in [3.63, 3.8) is 0 Å². The van der Waals surface area contributed by atoms with Crippen molar-refractivity contribution in [2.45, 2.75) is 39.7 Å². The van der Waals surface area contributed by atoms with E-state index in [1.165, 1.54) is 5.56 Å². The summed E-state index contributed by atoms with van der Waals surface area (Å²) in [4.78, 5) is 17.3. The van der Waals surface area contributed by atoms with E-state index in [1.807, 2.05) is 60.0 Å². The Labute approximate surface area is 142 Å². The number of nitrogens with one attached hydrogen (secondary N) is 1. The van der Waals surface area contributed by atoms with Crippen LogP contribution >= 0.6 is 0 Å². The van der Waals surface area contributed by atoms with Gasteiger partial charge in [0.2, 0.25) is 5.91 Å². The first-order valence-electron chi connectivity index (χ1n) is 8.17. The van der Waals surface area contributed by atoms with E-state index in [0.29, 0.717) is 0 Å². The highest BCUT2D eigenvalue weighted by Gasteiger charge is 2.23. The van der Waals surface area contributed by atoms with E-state index in [-0.39, 0.29) is 17.9 Å². The molecule has 1 aromatic heterocycles. The number of fused-ring (bicyclic) bond motifs is 1. The number of aryl methyl sites for hydroxylation is 1. The molecule has 1 N–H and O–H groups in total. The van der Waals surface area contributed by atoms with Crippen LogP contribution in [0.4, 0.5) is 5.69 Å². The summed E-state index contributed by atoms with van der Waals surface area (Å²) in [7, 11) is 0. The summed E-state index contributed by atoms with van der Waals surface area (Å²) in [6.07, 6.45) is 0. The van der Waals surface area contributed by atoms with Crippen LogP contribution < -0.4 is 5.32 Å². The van der Waals surface area contributed by atoms with Gasteiger partial charge in [-0.1, -0.05) is 50.6 Å². The molecule has 0 spiro atoms. The zero-order valence-electron chi connectivity index (χ0n) is 14.6. The monoisotopic (exact) mass is 321 g/mol. The molecule has 0 atom stereocenters. The number of amides is 1. The summed E-state index contributed by atoms with van der Waals surface area (Å²) in [5.41, 5.74) is 3.76. The van der Waals surface area contributed by atoms with E-state index in [2.05, 4.69) is 26.1 Å². The van der Waals surface area contributed by atoms with Gasteiger partial charge in [0, 0.05) is 11.1 Å². The molecule has 0 fully saturated rings. The Bertz CT molecular complexity index is 870. The third kappa shape index (κ3) is 3.32. The molecule has 0 aliphatic carbocycles. The van der Waals surface area contributed by atoms with Gasteiger partial charge in [-0.3, -0.25) is 4.79 Å². The molecular weight excluding hydrogens is 298 g/mol. The van der Waals surface area contributed by atoms with Crippen LogP contribution in [0.25, 0.3) is 11.0 Å². The molecular formula is C20H23N3O. The summed E-state index contributed by atoms with van der Waals surface area (Å²) >= 11 is 0. The molecule has 1 amide bonds. The first-order chi connectivity index (χ1) is 11.3. The van der Waals surface area contributed by atoms with E-state index >= 15 is 0 Å². The van der Waals surface area contributed by atoms with Gasteiger partial charge in [-0.2, -0.15) is 0 Å². The Morgan fingerprint density at radius 1 is 1.08 bits per heavy atom. The fourth-order valence-corrected chi connectivity index (χ4v) is 2.79. The maximum atomic E-state index is 12.5. The smallest absolute Gasteiger partial charge is 0.244 e. The highest BCUT2D eigenvalue weighted by atomic mass is 16.1. The van der Waals surface area contributed by atoms with Crippen molar-refractivity contribution in [3.8, 4) is 0 Å². The molecule has 0 aliphatic heterocycles. The Morgan fingerprint density at radius 2 is 1.75 bits per heavy atom. The highest BCUT2D eigenvalue weighted by Crippen LogP contribution is 2.26. The van der Waals surface area contributed by atoms with Crippen molar-refractivity contribution in [1.82, 2.24) is 9.55 Å². The third-order valence-corrected chi connectivity index (χ3v) is 3.96. The van der Waals surface area contributed by atoms with Crippen LogP contribution in [0, 0.1) is 6.92 Å². The zero-order chi connectivity index (χ0) is 17.3. The van der Waals surface area contributed by atoms with E-state index in [1.54, 1.807) is 0 Å². The molecule has 2 aromatic carbocycles. The average Bonchev–Trinajstić information content (AvgIpc) is 2.89. The van der Waals surface area contributed by atoms with E-state index < -0.39 is 0 Å². The molecule has 1 heterocycles. The van der Waals surface area contributed by atoms with E-state index in [0.717, 1.165) is 22.5 Å². The predicted molar refractivity (Wildman–Crippen MR) is 98.2 cm³/mol. The van der Waals surface area contributed by atoms with Gasteiger partial charge in [-0.15, -0.1) is 0 Å². The van der Waals surface area contributed by atoms with Crippen LogP contribution in [0.2, 0.25) is 0 Å². The molecule has 0 unspecified atom stereocenters. The number of hydrogen-bond donors (Lipinski definition) is 1. The van der Waals surface area contributed by atoms with Crippen molar-refractivity contribution < 1.29 is 4.79 Å². The molecule has 4 heteroatoms. The minimum absolute atomic E-state index is 0.0486. The number of imidazole rings is 1. The number of aromatic nitrogens is 2. The topological polar surface area (TPSA) is 46.9 Å².